The third kappa shape index (κ3) is 2.69. The van der Waals surface area contributed by atoms with Gasteiger partial charge in [-0.3, -0.25) is 4.68 Å². The van der Waals surface area contributed by atoms with Gasteiger partial charge >= 0.3 is 0 Å². The highest BCUT2D eigenvalue weighted by Crippen LogP contribution is 2.23. The lowest BCUT2D eigenvalue weighted by Gasteiger charge is -2.21. The van der Waals surface area contributed by atoms with E-state index in [0.29, 0.717) is 6.04 Å². The third-order valence-corrected chi connectivity index (χ3v) is 3.98. The smallest absolute Gasteiger partial charge is 0.163 e. The first-order valence-corrected chi connectivity index (χ1v) is 7.24. The van der Waals surface area contributed by atoms with Crippen LogP contribution >= 0.6 is 0 Å². The first-order valence-electron chi connectivity index (χ1n) is 7.24. The van der Waals surface area contributed by atoms with E-state index < -0.39 is 0 Å². The zero-order valence-corrected chi connectivity index (χ0v) is 11.5. The molecule has 0 radical (unpaired) electrons. The van der Waals surface area contributed by atoms with Crippen molar-refractivity contribution in [3.05, 3.63) is 12.5 Å². The molecule has 1 aliphatic carbocycles. The van der Waals surface area contributed by atoms with Gasteiger partial charge in [-0.2, -0.15) is 5.10 Å². The van der Waals surface area contributed by atoms with E-state index in [9.17, 15) is 0 Å². The van der Waals surface area contributed by atoms with Gasteiger partial charge in [0.1, 0.15) is 12.1 Å². The van der Waals surface area contributed by atoms with Crippen molar-refractivity contribution >= 4 is 16.9 Å². The van der Waals surface area contributed by atoms with E-state index in [2.05, 4.69) is 20.4 Å². The lowest BCUT2D eigenvalue weighted by atomic mass is 9.97. The van der Waals surface area contributed by atoms with Gasteiger partial charge in [0.05, 0.1) is 11.6 Å². The van der Waals surface area contributed by atoms with Crippen LogP contribution in [0.25, 0.3) is 11.0 Å². The maximum absolute atomic E-state index is 4.39. The summed E-state index contributed by atoms with van der Waals surface area (Å²) in [5.41, 5.74) is 0.892. The van der Waals surface area contributed by atoms with Crippen LogP contribution in [-0.4, -0.2) is 25.8 Å². The predicted octanol–water partition coefficient (Wildman–Crippen LogP) is 2.89. The number of fused-ring (bicyclic) bond motifs is 1. The molecule has 0 unspecified atom stereocenters. The monoisotopic (exact) mass is 259 g/mol. The van der Waals surface area contributed by atoms with Crippen molar-refractivity contribution in [2.75, 3.05) is 5.32 Å². The summed E-state index contributed by atoms with van der Waals surface area (Å²) in [4.78, 5) is 8.67. The molecule has 1 N–H and O–H groups in total. The van der Waals surface area contributed by atoms with Gasteiger partial charge in [-0.05, 0) is 12.8 Å². The normalized spacial score (nSPS) is 18.2. The largest absolute Gasteiger partial charge is 0.367 e. The number of hydrogen-bond acceptors (Lipinski definition) is 4. The number of aryl methyl sites for hydroxylation is 1. The zero-order chi connectivity index (χ0) is 13.1. The summed E-state index contributed by atoms with van der Waals surface area (Å²) in [6.07, 6.45) is 12.7. The molecule has 1 saturated carbocycles. The summed E-state index contributed by atoms with van der Waals surface area (Å²) < 4.78 is 1.79. The first-order chi connectivity index (χ1) is 9.34. The molecule has 0 saturated heterocycles. The van der Waals surface area contributed by atoms with Crippen LogP contribution in [0.3, 0.4) is 0 Å². The summed E-state index contributed by atoms with van der Waals surface area (Å²) >= 11 is 0. The highest BCUT2D eigenvalue weighted by molar-refractivity contribution is 5.86. The number of hydrogen-bond donors (Lipinski definition) is 1. The lowest BCUT2D eigenvalue weighted by molar-refractivity contribution is 0.471. The minimum atomic E-state index is 0.540. The van der Waals surface area contributed by atoms with Crippen LogP contribution in [0.5, 0.6) is 0 Å². The van der Waals surface area contributed by atoms with E-state index in [4.69, 9.17) is 0 Å². The van der Waals surface area contributed by atoms with Crippen molar-refractivity contribution in [3.63, 3.8) is 0 Å². The number of rotatable bonds is 2. The molecule has 0 aliphatic heterocycles. The van der Waals surface area contributed by atoms with E-state index in [-0.39, 0.29) is 0 Å². The molecular formula is C14H21N5. The molecule has 0 atom stereocenters. The van der Waals surface area contributed by atoms with Crippen molar-refractivity contribution in [1.82, 2.24) is 19.7 Å². The standard InChI is InChI=1S/C14H21N5/c1-19-14-12(9-17-19)13(15-10-16-14)18-11-7-5-3-2-4-6-8-11/h9-11H,2-8H2,1H3,(H,15,16,18). The van der Waals surface area contributed by atoms with Gasteiger partial charge in [-0.25, -0.2) is 9.97 Å². The van der Waals surface area contributed by atoms with Gasteiger partial charge in [-0.15, -0.1) is 0 Å². The summed E-state index contributed by atoms with van der Waals surface area (Å²) in [6.45, 7) is 0. The molecule has 1 aliphatic rings. The Morgan fingerprint density at radius 1 is 1.11 bits per heavy atom. The second-order valence-corrected chi connectivity index (χ2v) is 5.41. The summed E-state index contributed by atoms with van der Waals surface area (Å²) in [6, 6.07) is 0.540. The summed E-state index contributed by atoms with van der Waals surface area (Å²) in [5.74, 6) is 0.934. The summed E-state index contributed by atoms with van der Waals surface area (Å²) in [5, 5.41) is 8.88. The topological polar surface area (TPSA) is 55.6 Å². The first kappa shape index (κ1) is 12.4. The predicted molar refractivity (Wildman–Crippen MR) is 76.0 cm³/mol. The van der Waals surface area contributed by atoms with Crippen molar-refractivity contribution in [2.45, 2.75) is 51.0 Å². The Hall–Kier alpha value is -1.65. The molecule has 102 valence electrons. The van der Waals surface area contributed by atoms with Gasteiger partial charge in [-0.1, -0.05) is 32.1 Å². The van der Waals surface area contributed by atoms with Crippen LogP contribution in [-0.2, 0) is 7.05 Å². The van der Waals surface area contributed by atoms with E-state index in [0.717, 1.165) is 16.9 Å². The molecule has 0 amide bonds. The summed E-state index contributed by atoms with van der Waals surface area (Å²) in [7, 11) is 1.91. The van der Waals surface area contributed by atoms with Gasteiger partial charge in [0.2, 0.25) is 0 Å². The fourth-order valence-electron chi connectivity index (χ4n) is 2.87. The number of aromatic nitrogens is 4. The highest BCUT2D eigenvalue weighted by atomic mass is 15.3. The Bertz CT molecular complexity index is 540. The number of anilines is 1. The van der Waals surface area contributed by atoms with E-state index >= 15 is 0 Å². The van der Waals surface area contributed by atoms with E-state index in [1.54, 1.807) is 11.0 Å². The number of nitrogens with one attached hydrogen (secondary N) is 1. The van der Waals surface area contributed by atoms with E-state index in [1.807, 2.05) is 13.2 Å². The molecule has 0 bridgehead atoms. The quantitative estimate of drug-likeness (QED) is 0.901. The van der Waals surface area contributed by atoms with Gasteiger partial charge in [0.15, 0.2) is 5.65 Å². The fourth-order valence-corrected chi connectivity index (χ4v) is 2.87. The molecule has 3 rings (SSSR count). The molecule has 2 aromatic heterocycles. The molecular weight excluding hydrogens is 238 g/mol. The van der Waals surface area contributed by atoms with Crippen LogP contribution in [0.15, 0.2) is 12.5 Å². The molecule has 19 heavy (non-hydrogen) atoms. The van der Waals surface area contributed by atoms with Crippen LogP contribution in [0.4, 0.5) is 5.82 Å². The van der Waals surface area contributed by atoms with Crippen LogP contribution in [0.2, 0.25) is 0 Å². The molecule has 1 fully saturated rings. The Labute approximate surface area is 113 Å². The van der Waals surface area contributed by atoms with Crippen LogP contribution < -0.4 is 5.32 Å². The maximum Gasteiger partial charge on any atom is 0.163 e. The minimum Gasteiger partial charge on any atom is -0.367 e. The Kier molecular flexibility index (Phi) is 3.62. The molecule has 0 aromatic carbocycles. The Morgan fingerprint density at radius 2 is 1.84 bits per heavy atom. The maximum atomic E-state index is 4.39. The third-order valence-electron chi connectivity index (χ3n) is 3.98. The average molecular weight is 259 g/mol. The molecule has 5 nitrogen and oxygen atoms in total. The van der Waals surface area contributed by atoms with Crippen molar-refractivity contribution in [2.24, 2.45) is 7.05 Å². The van der Waals surface area contributed by atoms with Gasteiger partial charge in [0, 0.05) is 13.1 Å². The molecule has 2 aromatic rings. The van der Waals surface area contributed by atoms with Crippen molar-refractivity contribution in [1.29, 1.82) is 0 Å². The average Bonchev–Trinajstić information content (AvgIpc) is 2.76. The molecule has 2 heterocycles. The molecule has 0 spiro atoms. The van der Waals surface area contributed by atoms with Crippen LogP contribution in [0.1, 0.15) is 44.9 Å². The van der Waals surface area contributed by atoms with Crippen molar-refractivity contribution in [3.8, 4) is 0 Å². The second kappa shape index (κ2) is 5.55. The Morgan fingerprint density at radius 3 is 2.63 bits per heavy atom. The molecule has 5 heteroatoms. The van der Waals surface area contributed by atoms with Gasteiger partial charge in [0.25, 0.3) is 0 Å². The second-order valence-electron chi connectivity index (χ2n) is 5.41. The van der Waals surface area contributed by atoms with E-state index in [1.165, 1.54) is 44.9 Å². The Balaban J connectivity index is 1.80. The van der Waals surface area contributed by atoms with Gasteiger partial charge < -0.3 is 5.32 Å². The minimum absolute atomic E-state index is 0.540. The number of nitrogens with zero attached hydrogens (tertiary/aromatic N) is 4. The van der Waals surface area contributed by atoms with Crippen LogP contribution in [0, 0.1) is 0 Å². The SMILES string of the molecule is Cn1ncc2c(NC3CCCCCCC3)ncnc21. The van der Waals surface area contributed by atoms with Crippen molar-refractivity contribution < 1.29 is 0 Å². The highest BCUT2D eigenvalue weighted by Gasteiger charge is 2.14. The zero-order valence-electron chi connectivity index (χ0n) is 11.5. The fraction of sp³-hybridized carbons (Fsp3) is 0.643. The lowest BCUT2D eigenvalue weighted by Crippen LogP contribution is -2.21.